The van der Waals surface area contributed by atoms with Crippen molar-refractivity contribution >= 4 is 11.7 Å². The van der Waals surface area contributed by atoms with Crippen molar-refractivity contribution < 1.29 is 18.0 Å². The lowest BCUT2D eigenvalue weighted by molar-refractivity contribution is -0.146. The number of fused-ring (bicyclic) bond motifs is 1. The van der Waals surface area contributed by atoms with Crippen LogP contribution in [0.3, 0.4) is 0 Å². The van der Waals surface area contributed by atoms with Gasteiger partial charge in [-0.3, -0.25) is 14.7 Å². The minimum Gasteiger partial charge on any atom is -0.300 e. The Morgan fingerprint density at radius 3 is 2.03 bits per heavy atom. The second-order valence-corrected chi connectivity index (χ2v) is 9.10. The molecule has 0 radical (unpaired) electrons. The van der Waals surface area contributed by atoms with Crippen molar-refractivity contribution in [1.82, 2.24) is 4.90 Å². The van der Waals surface area contributed by atoms with Gasteiger partial charge < -0.3 is 0 Å². The Morgan fingerprint density at radius 1 is 1.00 bits per heavy atom. The number of carbonyl (C=O) groups excluding carboxylic acids is 1. The third-order valence-electron chi connectivity index (χ3n) is 6.02. The summed E-state index contributed by atoms with van der Waals surface area (Å²) in [6, 6.07) is 18.8. The lowest BCUT2D eigenvalue weighted by atomic mass is 9.73. The number of alkyl halides is 3. The Morgan fingerprint density at radius 2 is 1.53 bits per heavy atom. The van der Waals surface area contributed by atoms with Gasteiger partial charge in [0.05, 0.1) is 12.8 Å². The molecule has 0 saturated carbocycles. The molecule has 3 nitrogen and oxygen atoms in total. The molecule has 0 N–H and O–H groups in total. The van der Waals surface area contributed by atoms with Crippen LogP contribution in [0.5, 0.6) is 0 Å². The number of amidine groups is 1. The first-order valence-corrected chi connectivity index (χ1v) is 10.2. The average Bonchev–Trinajstić information content (AvgIpc) is 2.68. The van der Waals surface area contributed by atoms with Crippen LogP contribution in [0.25, 0.3) is 0 Å². The number of benzene rings is 2. The average molecular weight is 414 g/mol. The third kappa shape index (κ3) is 3.87. The van der Waals surface area contributed by atoms with E-state index in [-0.39, 0.29) is 18.2 Å². The van der Waals surface area contributed by atoms with Crippen molar-refractivity contribution in [2.45, 2.75) is 44.8 Å². The van der Waals surface area contributed by atoms with Gasteiger partial charge in [0.1, 0.15) is 11.4 Å². The molecule has 158 valence electrons. The smallest absolute Gasteiger partial charge is 0.300 e. The van der Waals surface area contributed by atoms with Gasteiger partial charge in [-0.2, -0.15) is 13.2 Å². The van der Waals surface area contributed by atoms with E-state index in [1.165, 1.54) is 4.90 Å². The summed E-state index contributed by atoms with van der Waals surface area (Å²) in [5.74, 6) is -0.743. The van der Waals surface area contributed by atoms with E-state index in [9.17, 15) is 18.0 Å². The summed E-state index contributed by atoms with van der Waals surface area (Å²) < 4.78 is 40.3. The zero-order valence-electron chi connectivity index (χ0n) is 17.1. The van der Waals surface area contributed by atoms with Crippen molar-refractivity contribution in [3.63, 3.8) is 0 Å². The maximum Gasteiger partial charge on any atom is 0.389 e. The molecule has 1 atom stereocenters. The Balaban J connectivity index is 1.91. The first-order valence-electron chi connectivity index (χ1n) is 10.2. The standard InChI is InChI=1S/C24H25F3N2O/c1-22(2)13-17(14-24(25,26)27)21-28-23(15-20(30)29(21)16-22,18-9-5-3-6-10-18)19-11-7-4-8-12-19/h3-12,17H,13-16H2,1-2H3. The van der Waals surface area contributed by atoms with E-state index >= 15 is 0 Å². The van der Waals surface area contributed by atoms with Gasteiger partial charge >= 0.3 is 6.18 Å². The zero-order valence-corrected chi connectivity index (χ0v) is 17.1. The number of piperidine rings is 1. The highest BCUT2D eigenvalue weighted by atomic mass is 19.4. The minimum absolute atomic E-state index is 0.0966. The highest BCUT2D eigenvalue weighted by Crippen LogP contribution is 2.46. The van der Waals surface area contributed by atoms with E-state index in [1.54, 1.807) is 0 Å². The molecule has 2 aliphatic rings. The fourth-order valence-corrected chi connectivity index (χ4v) is 4.84. The van der Waals surface area contributed by atoms with Gasteiger partial charge in [0.15, 0.2) is 0 Å². The molecule has 1 unspecified atom stereocenters. The number of halogens is 3. The van der Waals surface area contributed by atoms with Gasteiger partial charge in [-0.15, -0.1) is 0 Å². The van der Waals surface area contributed by atoms with Crippen LogP contribution < -0.4 is 0 Å². The summed E-state index contributed by atoms with van der Waals surface area (Å²) in [5, 5.41) is 0. The van der Waals surface area contributed by atoms with Crippen molar-refractivity contribution in [3.8, 4) is 0 Å². The molecule has 0 bridgehead atoms. The molecule has 2 aromatic carbocycles. The molecule has 4 rings (SSSR count). The summed E-state index contributed by atoms with van der Waals surface area (Å²) in [7, 11) is 0. The van der Waals surface area contributed by atoms with Crippen molar-refractivity contribution in [2.75, 3.05) is 6.54 Å². The number of hydrogen-bond donors (Lipinski definition) is 0. The van der Waals surface area contributed by atoms with E-state index in [4.69, 9.17) is 4.99 Å². The second kappa shape index (κ2) is 7.25. The summed E-state index contributed by atoms with van der Waals surface area (Å²) in [6.07, 6.45) is -4.86. The highest BCUT2D eigenvalue weighted by molar-refractivity contribution is 6.03. The molecule has 2 aliphatic heterocycles. The summed E-state index contributed by atoms with van der Waals surface area (Å²) in [5.41, 5.74) is 0.209. The van der Waals surface area contributed by atoms with Crippen LogP contribution in [-0.2, 0) is 10.3 Å². The van der Waals surface area contributed by atoms with E-state index in [2.05, 4.69) is 0 Å². The number of nitrogens with zero attached hydrogens (tertiary/aromatic N) is 2. The fourth-order valence-electron chi connectivity index (χ4n) is 4.84. The predicted octanol–water partition coefficient (Wildman–Crippen LogP) is 5.56. The SMILES string of the molecule is CC1(C)CC(CC(F)(F)F)C2=NC(c3ccccc3)(c3ccccc3)CC(=O)N2C1. The fraction of sp³-hybridized carbons (Fsp3) is 0.417. The van der Waals surface area contributed by atoms with Crippen LogP contribution in [0.2, 0.25) is 0 Å². The first-order chi connectivity index (χ1) is 14.1. The molecule has 0 spiro atoms. The van der Waals surface area contributed by atoms with E-state index in [1.807, 2.05) is 74.5 Å². The monoisotopic (exact) mass is 414 g/mol. The van der Waals surface area contributed by atoms with Crippen LogP contribution in [0.15, 0.2) is 65.7 Å². The molecule has 2 aromatic rings. The molecular weight excluding hydrogens is 389 g/mol. The van der Waals surface area contributed by atoms with E-state index in [0.29, 0.717) is 13.0 Å². The molecular formula is C24H25F3N2O. The summed E-state index contributed by atoms with van der Waals surface area (Å²) in [6.45, 7) is 4.21. The number of hydrogen-bond acceptors (Lipinski definition) is 2. The van der Waals surface area contributed by atoms with Crippen molar-refractivity contribution in [2.24, 2.45) is 16.3 Å². The second-order valence-electron chi connectivity index (χ2n) is 9.10. The number of amides is 1. The molecule has 0 aliphatic carbocycles. The van der Waals surface area contributed by atoms with Crippen LogP contribution in [-0.4, -0.2) is 29.4 Å². The Bertz CT molecular complexity index is 910. The largest absolute Gasteiger partial charge is 0.389 e. The van der Waals surface area contributed by atoms with Gasteiger partial charge in [-0.05, 0) is 23.0 Å². The lowest BCUT2D eigenvalue weighted by Gasteiger charge is -2.48. The molecule has 0 aromatic heterocycles. The topological polar surface area (TPSA) is 32.7 Å². The van der Waals surface area contributed by atoms with Crippen molar-refractivity contribution in [1.29, 1.82) is 0 Å². The van der Waals surface area contributed by atoms with Crippen LogP contribution >= 0.6 is 0 Å². The number of rotatable bonds is 3. The zero-order chi connectivity index (χ0) is 21.6. The normalized spacial score (nSPS) is 23.0. The number of aliphatic imine (C=N–C) groups is 1. The summed E-state index contributed by atoms with van der Waals surface area (Å²) in [4.78, 5) is 19.8. The molecule has 2 heterocycles. The maximum absolute atomic E-state index is 13.4. The van der Waals surface area contributed by atoms with E-state index in [0.717, 1.165) is 11.1 Å². The summed E-state index contributed by atoms with van der Waals surface area (Å²) >= 11 is 0. The Kier molecular flexibility index (Phi) is 4.99. The highest BCUT2D eigenvalue weighted by Gasteiger charge is 2.50. The molecule has 1 fully saturated rings. The molecule has 1 amide bonds. The predicted molar refractivity (Wildman–Crippen MR) is 110 cm³/mol. The maximum atomic E-state index is 13.4. The van der Waals surface area contributed by atoms with Crippen LogP contribution in [0, 0.1) is 11.3 Å². The number of carbonyl (C=O) groups is 1. The Hall–Kier alpha value is -2.63. The van der Waals surface area contributed by atoms with Crippen molar-refractivity contribution in [3.05, 3.63) is 71.8 Å². The van der Waals surface area contributed by atoms with Gasteiger partial charge in [0, 0.05) is 12.5 Å². The quantitative estimate of drug-likeness (QED) is 0.647. The minimum atomic E-state index is -4.32. The van der Waals surface area contributed by atoms with Crippen LogP contribution in [0.1, 0.15) is 44.2 Å². The van der Waals surface area contributed by atoms with Gasteiger partial charge in [0.25, 0.3) is 0 Å². The lowest BCUT2D eigenvalue weighted by Crippen LogP contribution is -2.57. The van der Waals surface area contributed by atoms with Gasteiger partial charge in [0.2, 0.25) is 5.91 Å². The molecule has 6 heteroatoms. The van der Waals surface area contributed by atoms with Gasteiger partial charge in [-0.25, -0.2) is 0 Å². The third-order valence-corrected chi connectivity index (χ3v) is 6.02. The van der Waals surface area contributed by atoms with E-state index < -0.39 is 29.5 Å². The van der Waals surface area contributed by atoms with Gasteiger partial charge in [-0.1, -0.05) is 74.5 Å². The Labute approximate surface area is 174 Å². The first kappa shape index (κ1) is 20.6. The molecule has 1 saturated heterocycles. The van der Waals surface area contributed by atoms with Crippen LogP contribution in [0.4, 0.5) is 13.2 Å². The molecule has 30 heavy (non-hydrogen) atoms.